The van der Waals surface area contributed by atoms with Gasteiger partial charge in [-0.3, -0.25) is 9.59 Å². The number of aliphatic hydroxyl groups excluding tert-OH is 1. The maximum atomic E-state index is 12.5. The normalized spacial score (nSPS) is 11.9. The molecule has 0 aliphatic carbocycles. The zero-order valence-electron chi connectivity index (χ0n) is 35.0. The van der Waals surface area contributed by atoms with Gasteiger partial charge in [0.2, 0.25) is 0 Å². The molecular weight excluding hydrogens is 666 g/mol. The summed E-state index contributed by atoms with van der Waals surface area (Å²) in [5.41, 5.74) is 0. The van der Waals surface area contributed by atoms with Crippen LogP contribution in [-0.2, 0) is 28.5 Å². The second kappa shape index (κ2) is 43.0. The van der Waals surface area contributed by atoms with Gasteiger partial charge < -0.3 is 29.0 Å². The number of carbonyl (C=O) groups excluding carboxylic acids is 2. The number of aliphatic hydroxyl groups is 1. The fraction of sp³-hybridized carbons (Fsp3) is 0.867. The van der Waals surface area contributed by atoms with Crippen molar-refractivity contribution in [2.75, 3.05) is 52.7 Å². The maximum absolute atomic E-state index is 12.5. The van der Waals surface area contributed by atoms with Crippen molar-refractivity contribution in [2.45, 2.75) is 200 Å². The Morgan fingerprint density at radius 1 is 0.509 bits per heavy atom. The Hall–Kier alpha value is -1.74. The molecule has 312 valence electrons. The summed E-state index contributed by atoms with van der Waals surface area (Å²) in [7, 11) is 0. The molecule has 0 radical (unpaired) electrons. The van der Waals surface area contributed by atoms with Crippen LogP contribution in [0.5, 0.6) is 0 Å². The first-order valence-electron chi connectivity index (χ1n) is 22.2. The minimum Gasteiger partial charge on any atom is -0.466 e. The summed E-state index contributed by atoms with van der Waals surface area (Å²) in [5.74, 6) is -0.221. The molecule has 0 unspecified atom stereocenters. The largest absolute Gasteiger partial charge is 0.466 e. The third-order valence-electron chi connectivity index (χ3n) is 9.44. The van der Waals surface area contributed by atoms with Crippen LogP contribution in [0.2, 0.25) is 0 Å². The van der Waals surface area contributed by atoms with Crippen molar-refractivity contribution in [2.24, 2.45) is 0 Å². The van der Waals surface area contributed by atoms with Gasteiger partial charge in [-0.15, -0.1) is 0 Å². The lowest BCUT2D eigenvalue weighted by atomic mass is 10.1. The summed E-state index contributed by atoms with van der Waals surface area (Å²) in [6.07, 6.45) is 36.4. The SMILES string of the molecule is CC/C=C\CCCCOC(CCC(=O)OCCCCCCN(CCO)CCCCCCCC(=O)OCCCCCCCCC)OCCCC/C=C\CC. The van der Waals surface area contributed by atoms with Gasteiger partial charge in [-0.05, 0) is 96.6 Å². The van der Waals surface area contributed by atoms with Gasteiger partial charge in [0.1, 0.15) is 0 Å². The second-order valence-corrected chi connectivity index (χ2v) is 14.5. The monoisotopic (exact) mass is 752 g/mol. The van der Waals surface area contributed by atoms with E-state index in [1.165, 1.54) is 32.1 Å². The summed E-state index contributed by atoms with van der Waals surface area (Å²) in [6, 6.07) is 0. The smallest absolute Gasteiger partial charge is 0.305 e. The zero-order chi connectivity index (χ0) is 38.7. The molecule has 0 spiro atoms. The number of nitrogens with zero attached hydrogens (tertiary/aromatic N) is 1. The Morgan fingerprint density at radius 2 is 0.962 bits per heavy atom. The van der Waals surface area contributed by atoms with Crippen molar-refractivity contribution in [3.05, 3.63) is 24.3 Å². The van der Waals surface area contributed by atoms with Crippen molar-refractivity contribution in [3.8, 4) is 0 Å². The third-order valence-corrected chi connectivity index (χ3v) is 9.44. The highest BCUT2D eigenvalue weighted by Crippen LogP contribution is 2.12. The lowest BCUT2D eigenvalue weighted by Gasteiger charge is -2.21. The number of esters is 2. The fourth-order valence-corrected chi connectivity index (χ4v) is 6.16. The Labute approximate surface area is 327 Å². The quantitative estimate of drug-likeness (QED) is 0.0285. The molecule has 53 heavy (non-hydrogen) atoms. The average Bonchev–Trinajstić information content (AvgIpc) is 3.15. The van der Waals surface area contributed by atoms with Crippen molar-refractivity contribution in [1.29, 1.82) is 0 Å². The summed E-state index contributed by atoms with van der Waals surface area (Å²) < 4.78 is 23.0. The van der Waals surface area contributed by atoms with Crippen LogP contribution >= 0.6 is 0 Å². The molecule has 0 aliphatic rings. The molecule has 1 N–H and O–H groups in total. The van der Waals surface area contributed by atoms with E-state index in [4.69, 9.17) is 18.9 Å². The molecule has 0 atom stereocenters. The number of hydrogen-bond donors (Lipinski definition) is 1. The molecule has 0 saturated heterocycles. The van der Waals surface area contributed by atoms with Crippen LogP contribution in [-0.4, -0.2) is 80.9 Å². The van der Waals surface area contributed by atoms with E-state index in [1.807, 2.05) is 0 Å². The highest BCUT2D eigenvalue weighted by Gasteiger charge is 2.13. The molecule has 8 heteroatoms. The van der Waals surface area contributed by atoms with Gasteiger partial charge in [-0.2, -0.15) is 0 Å². The molecule has 0 aliphatic heterocycles. The Bertz CT molecular complexity index is 810. The molecule has 0 rings (SSSR count). The topological polar surface area (TPSA) is 94.5 Å². The Kier molecular flexibility index (Phi) is 41.6. The summed E-state index contributed by atoms with van der Waals surface area (Å²) in [6.45, 7) is 11.7. The molecule has 0 saturated carbocycles. The van der Waals surface area contributed by atoms with E-state index in [2.05, 4.69) is 50.0 Å². The van der Waals surface area contributed by atoms with Crippen LogP contribution in [0.3, 0.4) is 0 Å². The van der Waals surface area contributed by atoms with Crippen molar-refractivity contribution < 1.29 is 33.6 Å². The van der Waals surface area contributed by atoms with Gasteiger partial charge in [0.15, 0.2) is 6.29 Å². The van der Waals surface area contributed by atoms with Crippen LogP contribution in [0.25, 0.3) is 0 Å². The minimum absolute atomic E-state index is 0.0442. The van der Waals surface area contributed by atoms with Crippen LogP contribution in [0, 0.1) is 0 Å². The second-order valence-electron chi connectivity index (χ2n) is 14.5. The summed E-state index contributed by atoms with van der Waals surface area (Å²) in [5, 5.41) is 9.53. The van der Waals surface area contributed by atoms with E-state index in [0.717, 1.165) is 135 Å². The van der Waals surface area contributed by atoms with Gasteiger partial charge in [-0.1, -0.05) is 116 Å². The lowest BCUT2D eigenvalue weighted by Crippen LogP contribution is -2.29. The first-order valence-corrected chi connectivity index (χ1v) is 22.2. The van der Waals surface area contributed by atoms with Gasteiger partial charge in [0.25, 0.3) is 0 Å². The highest BCUT2D eigenvalue weighted by atomic mass is 16.7. The Morgan fingerprint density at radius 3 is 1.47 bits per heavy atom. The molecule has 8 nitrogen and oxygen atoms in total. The lowest BCUT2D eigenvalue weighted by molar-refractivity contribution is -0.159. The third kappa shape index (κ3) is 39.8. The molecule has 0 bridgehead atoms. The minimum atomic E-state index is -0.359. The summed E-state index contributed by atoms with van der Waals surface area (Å²) in [4.78, 5) is 26.8. The van der Waals surface area contributed by atoms with Crippen molar-refractivity contribution in [3.63, 3.8) is 0 Å². The zero-order valence-corrected chi connectivity index (χ0v) is 35.0. The number of carbonyl (C=O) groups is 2. The van der Waals surface area contributed by atoms with E-state index >= 15 is 0 Å². The molecule has 0 aromatic heterocycles. The van der Waals surface area contributed by atoms with E-state index in [9.17, 15) is 14.7 Å². The van der Waals surface area contributed by atoms with Gasteiger partial charge in [0.05, 0.1) is 26.2 Å². The first kappa shape index (κ1) is 51.3. The van der Waals surface area contributed by atoms with E-state index in [1.54, 1.807) is 0 Å². The van der Waals surface area contributed by atoms with Crippen molar-refractivity contribution in [1.82, 2.24) is 4.90 Å². The predicted molar refractivity (Wildman–Crippen MR) is 221 cm³/mol. The molecule has 0 aromatic rings. The molecular formula is C45H85NO7. The standard InChI is InChI=1S/C45H85NO7/c1-4-7-10-13-16-23-28-39-50-43(48)32-25-18-17-19-26-35-46(37-38-47)36-27-20-24-29-40-51-44(49)33-34-45(52-41-30-21-14-11-8-5-2)53-42-31-22-15-12-9-6-3/h8-9,11-12,45,47H,4-7,10,13-42H2,1-3H3/b11-8-,12-9-. The van der Waals surface area contributed by atoms with Gasteiger partial charge >= 0.3 is 11.9 Å². The van der Waals surface area contributed by atoms with Crippen LogP contribution in [0.1, 0.15) is 194 Å². The fourth-order valence-electron chi connectivity index (χ4n) is 6.16. The first-order chi connectivity index (χ1) is 26.1. The van der Waals surface area contributed by atoms with Crippen LogP contribution in [0.4, 0.5) is 0 Å². The average molecular weight is 752 g/mol. The predicted octanol–water partition coefficient (Wildman–Crippen LogP) is 11.4. The highest BCUT2D eigenvalue weighted by molar-refractivity contribution is 5.69. The van der Waals surface area contributed by atoms with Crippen LogP contribution < -0.4 is 0 Å². The summed E-state index contributed by atoms with van der Waals surface area (Å²) >= 11 is 0. The molecule has 0 aromatic carbocycles. The number of hydrogen-bond acceptors (Lipinski definition) is 8. The van der Waals surface area contributed by atoms with Crippen LogP contribution in [0.15, 0.2) is 24.3 Å². The van der Waals surface area contributed by atoms with Crippen molar-refractivity contribution >= 4 is 11.9 Å². The number of unbranched alkanes of at least 4 members (excludes halogenated alkanes) is 17. The molecule has 0 heterocycles. The number of ether oxygens (including phenoxy) is 4. The molecule has 0 amide bonds. The van der Waals surface area contributed by atoms with Gasteiger partial charge in [0, 0.05) is 32.6 Å². The molecule has 0 fully saturated rings. The van der Waals surface area contributed by atoms with E-state index < -0.39 is 0 Å². The van der Waals surface area contributed by atoms with E-state index in [0.29, 0.717) is 52.2 Å². The van der Waals surface area contributed by atoms with Gasteiger partial charge in [-0.25, -0.2) is 0 Å². The maximum Gasteiger partial charge on any atom is 0.305 e. The number of rotatable bonds is 42. The Balaban J connectivity index is 3.98. The van der Waals surface area contributed by atoms with E-state index in [-0.39, 0.29) is 24.8 Å². The number of allylic oxidation sites excluding steroid dienone is 4.